The lowest BCUT2D eigenvalue weighted by Gasteiger charge is -2.34. The Labute approximate surface area is 445 Å². The molecule has 4 N–H and O–H groups in total. The summed E-state index contributed by atoms with van der Waals surface area (Å²) in [6.45, 7) is 3.60. The van der Waals surface area contributed by atoms with E-state index in [0.29, 0.717) is 89.9 Å². The zero-order valence-corrected chi connectivity index (χ0v) is 41.3. The average molecular weight is 1040 g/mol. The molecular weight excluding hydrogens is 957 g/mol. The number of rotatable bonds is 17. The van der Waals surface area contributed by atoms with Gasteiger partial charge in [-0.25, -0.2) is 24.7 Å². The number of carbonyl (C=O) groups is 7. The molecule has 5 saturated heterocycles. The summed E-state index contributed by atoms with van der Waals surface area (Å²) >= 11 is 0. The van der Waals surface area contributed by atoms with Crippen LogP contribution in [0.25, 0.3) is 0 Å². The third-order valence-corrected chi connectivity index (χ3v) is 15.2. The number of ether oxygens (including phenoxy) is 1. The fourth-order valence-corrected chi connectivity index (χ4v) is 11.5. The zero-order valence-electron chi connectivity index (χ0n) is 51.3. The number of carboxylic acids is 3. The number of carboxylic acid groups (broad SMARTS) is 3. The van der Waals surface area contributed by atoms with E-state index in [1.807, 2.05) is 9.80 Å². The highest BCUT2D eigenvalue weighted by Gasteiger charge is 2.61. The van der Waals surface area contributed by atoms with Gasteiger partial charge in [-0.1, -0.05) is 0 Å². The molecule has 4 bridgehead atoms. The molecule has 22 nitrogen and oxygen atoms in total. The lowest BCUT2D eigenvalue weighted by atomic mass is 9.81. The quantitative estimate of drug-likeness (QED) is 0.166. The van der Waals surface area contributed by atoms with E-state index < -0.39 is 98.6 Å². The maximum absolute atomic E-state index is 12.9. The molecule has 4 aliphatic carbocycles. The van der Waals surface area contributed by atoms with Crippen molar-refractivity contribution in [2.75, 3.05) is 101 Å². The number of carbonyl (C=O) groups excluding carboxylic acids is 4. The van der Waals surface area contributed by atoms with E-state index in [2.05, 4.69) is 19.9 Å². The lowest BCUT2D eigenvalue weighted by molar-refractivity contribution is -0.170. The molecule has 2 aromatic rings. The monoisotopic (exact) mass is 1040 g/mol. The number of fused-ring (bicyclic) bond motifs is 10. The predicted octanol–water partition coefficient (Wildman–Crippen LogP) is 2.37. The Morgan fingerprint density at radius 3 is 1.20 bits per heavy atom. The first kappa shape index (κ1) is 42.5. The molecule has 12 atom stereocenters. The highest BCUT2D eigenvalue weighted by molar-refractivity contribution is 6.06. The number of aromatic nitrogens is 4. The molecule has 0 spiro atoms. The van der Waals surface area contributed by atoms with Gasteiger partial charge in [-0.05, 0) is 126 Å². The molecule has 0 radical (unpaired) electrons. The van der Waals surface area contributed by atoms with Gasteiger partial charge in [0.2, 0.25) is 35.5 Å². The molecule has 7 heterocycles. The van der Waals surface area contributed by atoms with Crippen LogP contribution in [-0.2, 0) is 38.3 Å². The number of likely N-dealkylation sites (tertiary alicyclic amines) is 2. The molecular formula is C52H74N10O12. The van der Waals surface area contributed by atoms with Crippen LogP contribution in [0.1, 0.15) is 104 Å². The van der Waals surface area contributed by atoms with Gasteiger partial charge >= 0.3 is 17.9 Å². The first-order valence-electron chi connectivity index (χ1n) is 30.9. The molecule has 11 rings (SSSR count). The highest BCUT2D eigenvalue weighted by Crippen LogP contribution is 2.57. The van der Waals surface area contributed by atoms with E-state index >= 15 is 0 Å². The third-order valence-electron chi connectivity index (χ3n) is 15.2. The maximum atomic E-state index is 12.9. The van der Waals surface area contributed by atoms with Crippen molar-refractivity contribution in [1.29, 1.82) is 0 Å². The van der Waals surface area contributed by atoms with Crippen molar-refractivity contribution in [3.05, 3.63) is 36.9 Å². The average Bonchev–Trinajstić information content (AvgIpc) is 1.66. The summed E-state index contributed by atoms with van der Waals surface area (Å²) in [4.78, 5) is 109. The smallest absolute Gasteiger partial charge is 0.336 e. The van der Waals surface area contributed by atoms with Crippen molar-refractivity contribution in [2.45, 2.75) is 95.4 Å². The van der Waals surface area contributed by atoms with E-state index in [0.717, 1.165) is 13.2 Å². The minimum Gasteiger partial charge on any atom is -0.481 e. The van der Waals surface area contributed by atoms with Crippen LogP contribution in [0.5, 0.6) is 0 Å². The number of amides is 4. The molecule has 5 aliphatic heterocycles. The Balaban J connectivity index is 0.000000170. The SMILES string of the molecule is C1CCOC1.O=C(O)CC(O)(CC(=O)O)C(=O)O.[2H]c1cnc(N2CCN(C([2H])([2H])CCCN3C(=O)C4C5CC(C([2H])C5[2H])C4C3=O)CC2)nc1.[2H]c1cnc(N2CCN(C([2H])([2H])CCCN3C(=O)[C@@H]4[C@H](C3=O)[C@H]3C[C@@H]4C([2H])C3[2H])CC2)nc1. The van der Waals surface area contributed by atoms with Crippen molar-refractivity contribution >= 4 is 53.4 Å². The molecule has 4 saturated carbocycles. The van der Waals surface area contributed by atoms with Crippen LogP contribution in [0, 0.1) is 47.3 Å². The third kappa shape index (κ3) is 13.0. The Morgan fingerprint density at radius 2 is 0.919 bits per heavy atom. The van der Waals surface area contributed by atoms with Crippen molar-refractivity contribution in [3.8, 4) is 0 Å². The van der Waals surface area contributed by atoms with E-state index in [1.54, 1.807) is 9.80 Å². The first-order chi connectivity index (χ1) is 39.6. The molecule has 22 heteroatoms. The van der Waals surface area contributed by atoms with Gasteiger partial charge in [0.25, 0.3) is 0 Å². The molecule has 9 aliphatic rings. The number of aliphatic carboxylic acids is 3. The van der Waals surface area contributed by atoms with Crippen LogP contribution >= 0.6 is 0 Å². The number of piperazine rings is 2. The molecule has 0 aromatic carbocycles. The summed E-state index contributed by atoms with van der Waals surface area (Å²) < 4.78 is 86.7. The summed E-state index contributed by atoms with van der Waals surface area (Å²) in [5, 5.41) is 33.8. The molecule has 4 amide bonds. The van der Waals surface area contributed by atoms with Crippen LogP contribution in [0.3, 0.4) is 0 Å². The van der Waals surface area contributed by atoms with Gasteiger partial charge in [0, 0.05) is 114 Å². The van der Waals surface area contributed by atoms with Crippen LogP contribution in [0.2, 0.25) is 0 Å². The van der Waals surface area contributed by atoms with Gasteiger partial charge in [0.1, 0.15) is 0 Å². The highest BCUT2D eigenvalue weighted by atomic mass is 16.5. The fourth-order valence-electron chi connectivity index (χ4n) is 11.5. The van der Waals surface area contributed by atoms with Crippen molar-refractivity contribution < 1.29 is 72.4 Å². The summed E-state index contributed by atoms with van der Waals surface area (Å²) in [6, 6.07) is 0.498. The fraction of sp³-hybridized carbons (Fsp3) is 0.712. The molecule has 404 valence electrons. The Bertz CT molecular complexity index is 2480. The van der Waals surface area contributed by atoms with Gasteiger partial charge in [-0.3, -0.25) is 48.4 Å². The number of imide groups is 2. The largest absolute Gasteiger partial charge is 0.481 e. The van der Waals surface area contributed by atoms with E-state index in [1.165, 1.54) is 47.4 Å². The Hall–Kier alpha value is -5.71. The number of hydrogen-bond donors (Lipinski definition) is 4. The van der Waals surface area contributed by atoms with Gasteiger partial charge < -0.3 is 35.0 Å². The lowest BCUT2D eigenvalue weighted by Crippen LogP contribution is -2.47. The topological polar surface area (TPSA) is 281 Å². The van der Waals surface area contributed by atoms with Crippen molar-refractivity contribution in [1.82, 2.24) is 39.5 Å². The second-order valence-corrected chi connectivity index (χ2v) is 19.9. The summed E-state index contributed by atoms with van der Waals surface area (Å²) in [7, 11) is 0. The standard InChI is InChI=1S/2C21H29N5O2.C6H8O7.C4H8O/c2*27-19-17-15-4-5-16(14-15)18(17)20(28)26(19)9-2-1-8-24-10-12-25(13-11-24)21-22-6-3-7-23-21;7-3(8)1-6(13,5(11)12)2-4(9)10;1-2-4-5-3-1/h2*3,6-7,15-18H,1-2,4-5,8-14H2;13H,1-2H2,(H,7,8)(H,9,10)(H,11,12);1-4H2/t15-,16+,17-,18+;;;/i2*3D,4D,5D,8D2;;/t4?,5?,15-,16+,17-,18+;;;. The zero-order chi connectivity index (χ0) is 61.2. The van der Waals surface area contributed by atoms with Crippen LogP contribution < -0.4 is 9.80 Å². The number of nitrogens with zero attached hydrogens (tertiary/aromatic N) is 10. The summed E-state index contributed by atoms with van der Waals surface area (Å²) in [5.74, 6) is -7.30. The van der Waals surface area contributed by atoms with Crippen molar-refractivity contribution in [3.63, 3.8) is 0 Å². The summed E-state index contributed by atoms with van der Waals surface area (Å²) in [5.41, 5.74) is -2.74. The minimum atomic E-state index is -2.74. The maximum Gasteiger partial charge on any atom is 0.336 e. The molecule has 74 heavy (non-hydrogen) atoms. The van der Waals surface area contributed by atoms with Gasteiger partial charge in [0.15, 0.2) is 5.60 Å². The first-order valence-corrected chi connectivity index (χ1v) is 25.6. The van der Waals surface area contributed by atoms with Gasteiger partial charge in [-0.15, -0.1) is 0 Å². The van der Waals surface area contributed by atoms with Crippen LogP contribution in [0.4, 0.5) is 11.9 Å². The number of aliphatic hydroxyl groups is 1. The van der Waals surface area contributed by atoms with E-state index in [4.69, 9.17) is 38.9 Å². The van der Waals surface area contributed by atoms with E-state index in [-0.39, 0.29) is 85.3 Å². The molecule has 9 fully saturated rings. The number of hydrogen-bond acceptors (Lipinski definition) is 17. The number of anilines is 2. The molecule has 8 unspecified atom stereocenters. The van der Waals surface area contributed by atoms with Crippen LogP contribution in [0.15, 0.2) is 36.9 Å². The second kappa shape index (κ2) is 25.2. The summed E-state index contributed by atoms with van der Waals surface area (Å²) in [6.07, 6.45) is 6.15. The normalized spacial score (nSPS) is 34.4. The second-order valence-electron chi connectivity index (χ2n) is 19.9. The van der Waals surface area contributed by atoms with E-state index in [9.17, 15) is 33.6 Å². The predicted molar refractivity (Wildman–Crippen MR) is 266 cm³/mol. The Kier molecular flexibility index (Phi) is 14.5. The minimum absolute atomic E-state index is 0.187. The molecule has 2 aromatic heterocycles. The Morgan fingerprint density at radius 1 is 0.581 bits per heavy atom. The van der Waals surface area contributed by atoms with Gasteiger partial charge in [0.05, 0.1) is 39.3 Å². The van der Waals surface area contributed by atoms with Crippen LogP contribution in [-0.4, -0.2) is 199 Å². The van der Waals surface area contributed by atoms with Crippen molar-refractivity contribution in [2.24, 2.45) is 47.3 Å². The van der Waals surface area contributed by atoms with Gasteiger partial charge in [-0.2, -0.15) is 0 Å².